The van der Waals surface area contributed by atoms with Gasteiger partial charge in [0.05, 0.1) is 7.11 Å². The molecular formula is C18H28N2O. The van der Waals surface area contributed by atoms with E-state index in [9.17, 15) is 0 Å². The van der Waals surface area contributed by atoms with Gasteiger partial charge in [-0.2, -0.15) is 0 Å². The Balaban J connectivity index is 1.88. The normalized spacial score (nSPS) is 27.3. The summed E-state index contributed by atoms with van der Waals surface area (Å²) in [6.07, 6.45) is 6.82. The van der Waals surface area contributed by atoms with Gasteiger partial charge in [-0.15, -0.1) is 0 Å². The Morgan fingerprint density at radius 3 is 2.52 bits per heavy atom. The van der Waals surface area contributed by atoms with Gasteiger partial charge < -0.3 is 10.1 Å². The largest absolute Gasteiger partial charge is 0.497 e. The number of likely N-dealkylation sites (tertiary alicyclic amines) is 1. The molecule has 1 aromatic carbocycles. The van der Waals surface area contributed by atoms with E-state index in [1.807, 2.05) is 0 Å². The van der Waals surface area contributed by atoms with E-state index in [2.05, 4.69) is 41.5 Å². The second kappa shape index (κ2) is 6.80. The predicted molar refractivity (Wildman–Crippen MR) is 86.7 cm³/mol. The average Bonchev–Trinajstić information content (AvgIpc) is 3.34. The highest BCUT2D eigenvalue weighted by atomic mass is 16.5. The lowest BCUT2D eigenvalue weighted by atomic mass is 9.89. The van der Waals surface area contributed by atoms with Crippen LogP contribution in [0, 0.1) is 5.92 Å². The first kappa shape index (κ1) is 14.9. The van der Waals surface area contributed by atoms with E-state index < -0.39 is 0 Å². The van der Waals surface area contributed by atoms with Crippen LogP contribution in [-0.4, -0.2) is 38.2 Å². The minimum atomic E-state index is 0.568. The van der Waals surface area contributed by atoms with Gasteiger partial charge in [-0.1, -0.05) is 18.6 Å². The SMILES string of the molecule is CNCC1CCCCN(C2CC2)C1c1ccc(OC)cc1. The van der Waals surface area contributed by atoms with Crippen LogP contribution in [0.2, 0.25) is 0 Å². The molecule has 1 aliphatic carbocycles. The van der Waals surface area contributed by atoms with Gasteiger partial charge >= 0.3 is 0 Å². The summed E-state index contributed by atoms with van der Waals surface area (Å²) in [5, 5.41) is 3.42. The molecule has 0 aromatic heterocycles. The number of hydrogen-bond acceptors (Lipinski definition) is 3. The molecule has 21 heavy (non-hydrogen) atoms. The molecule has 1 saturated heterocycles. The van der Waals surface area contributed by atoms with Gasteiger partial charge in [0.25, 0.3) is 0 Å². The van der Waals surface area contributed by atoms with Crippen molar-refractivity contribution in [3.8, 4) is 5.75 Å². The fraction of sp³-hybridized carbons (Fsp3) is 0.667. The smallest absolute Gasteiger partial charge is 0.118 e. The molecule has 116 valence electrons. The zero-order valence-electron chi connectivity index (χ0n) is 13.3. The van der Waals surface area contributed by atoms with Crippen LogP contribution >= 0.6 is 0 Å². The Labute approximate surface area is 128 Å². The van der Waals surface area contributed by atoms with Gasteiger partial charge in [-0.3, -0.25) is 4.90 Å². The minimum absolute atomic E-state index is 0.568. The van der Waals surface area contributed by atoms with Crippen LogP contribution in [0.4, 0.5) is 0 Å². The van der Waals surface area contributed by atoms with Crippen molar-refractivity contribution in [1.82, 2.24) is 10.2 Å². The molecule has 2 atom stereocenters. The van der Waals surface area contributed by atoms with Crippen LogP contribution in [0.5, 0.6) is 5.75 Å². The van der Waals surface area contributed by atoms with Crippen LogP contribution in [0.1, 0.15) is 43.7 Å². The summed E-state index contributed by atoms with van der Waals surface area (Å²) < 4.78 is 5.32. The van der Waals surface area contributed by atoms with Gasteiger partial charge in [0.15, 0.2) is 0 Å². The lowest BCUT2D eigenvalue weighted by Crippen LogP contribution is -2.37. The van der Waals surface area contributed by atoms with Crippen LogP contribution in [0.3, 0.4) is 0 Å². The van der Waals surface area contributed by atoms with Gasteiger partial charge in [0, 0.05) is 12.1 Å². The lowest BCUT2D eigenvalue weighted by molar-refractivity contribution is 0.145. The Morgan fingerprint density at radius 1 is 1.14 bits per heavy atom. The fourth-order valence-corrected chi connectivity index (χ4v) is 3.83. The molecule has 3 nitrogen and oxygen atoms in total. The second-order valence-corrected chi connectivity index (χ2v) is 6.50. The summed E-state index contributed by atoms with van der Waals surface area (Å²) in [5.74, 6) is 1.67. The maximum absolute atomic E-state index is 5.32. The van der Waals surface area contributed by atoms with Crippen molar-refractivity contribution < 1.29 is 4.74 Å². The molecule has 1 aromatic rings. The summed E-state index contributed by atoms with van der Waals surface area (Å²) in [5.41, 5.74) is 1.46. The van der Waals surface area contributed by atoms with Crippen molar-refractivity contribution in [3.63, 3.8) is 0 Å². The predicted octanol–water partition coefficient (Wildman–Crippen LogP) is 3.22. The topological polar surface area (TPSA) is 24.5 Å². The standard InChI is InChI=1S/C18H28N2O/c1-19-13-15-5-3-4-12-20(16-8-9-16)18(15)14-6-10-17(21-2)11-7-14/h6-7,10-11,15-16,18-19H,3-5,8-9,12-13H2,1-2H3. The number of benzene rings is 1. The summed E-state index contributed by atoms with van der Waals surface area (Å²) >= 11 is 0. The highest BCUT2D eigenvalue weighted by molar-refractivity contribution is 5.30. The first-order chi connectivity index (χ1) is 10.3. The van der Waals surface area contributed by atoms with Crippen LogP contribution in [-0.2, 0) is 0 Å². The highest BCUT2D eigenvalue weighted by Gasteiger charge is 2.38. The highest BCUT2D eigenvalue weighted by Crippen LogP contribution is 2.42. The molecule has 1 heterocycles. The first-order valence-electron chi connectivity index (χ1n) is 8.37. The maximum atomic E-state index is 5.32. The third-order valence-electron chi connectivity index (χ3n) is 4.98. The van der Waals surface area contributed by atoms with Gasteiger partial charge in [0.2, 0.25) is 0 Å². The van der Waals surface area contributed by atoms with Gasteiger partial charge in [-0.05, 0) is 69.4 Å². The third kappa shape index (κ3) is 3.41. The molecule has 3 rings (SSSR count). The number of rotatable bonds is 5. The number of ether oxygens (including phenoxy) is 1. The Hall–Kier alpha value is -1.06. The van der Waals surface area contributed by atoms with Crippen molar-refractivity contribution in [1.29, 1.82) is 0 Å². The number of methoxy groups -OCH3 is 1. The Bertz CT molecular complexity index is 441. The molecule has 2 aliphatic rings. The molecule has 1 aliphatic heterocycles. The molecule has 0 bridgehead atoms. The number of nitrogens with zero attached hydrogens (tertiary/aromatic N) is 1. The molecule has 0 spiro atoms. The molecule has 3 heteroatoms. The summed E-state index contributed by atoms with van der Waals surface area (Å²) in [6, 6.07) is 10.2. The monoisotopic (exact) mass is 288 g/mol. The zero-order valence-corrected chi connectivity index (χ0v) is 13.3. The molecular weight excluding hydrogens is 260 g/mol. The third-order valence-corrected chi connectivity index (χ3v) is 4.98. The maximum Gasteiger partial charge on any atom is 0.118 e. The second-order valence-electron chi connectivity index (χ2n) is 6.50. The van der Waals surface area contributed by atoms with E-state index in [0.717, 1.165) is 18.3 Å². The van der Waals surface area contributed by atoms with E-state index in [-0.39, 0.29) is 0 Å². The molecule has 1 N–H and O–H groups in total. The van der Waals surface area contributed by atoms with Crippen LogP contribution in [0.25, 0.3) is 0 Å². The van der Waals surface area contributed by atoms with Crippen molar-refractivity contribution in [3.05, 3.63) is 29.8 Å². The summed E-state index contributed by atoms with van der Waals surface area (Å²) in [4.78, 5) is 2.79. The van der Waals surface area contributed by atoms with Crippen molar-refractivity contribution in [2.75, 3.05) is 27.2 Å². The Morgan fingerprint density at radius 2 is 1.90 bits per heavy atom. The van der Waals surface area contributed by atoms with E-state index in [0.29, 0.717) is 12.0 Å². The lowest BCUT2D eigenvalue weighted by Gasteiger charge is -2.36. The molecule has 2 unspecified atom stereocenters. The first-order valence-corrected chi connectivity index (χ1v) is 8.37. The molecule has 0 amide bonds. The van der Waals surface area contributed by atoms with Crippen molar-refractivity contribution in [2.24, 2.45) is 5.92 Å². The van der Waals surface area contributed by atoms with E-state index in [4.69, 9.17) is 4.74 Å². The van der Waals surface area contributed by atoms with Gasteiger partial charge in [0.1, 0.15) is 5.75 Å². The van der Waals surface area contributed by atoms with Crippen LogP contribution < -0.4 is 10.1 Å². The minimum Gasteiger partial charge on any atom is -0.497 e. The molecule has 0 radical (unpaired) electrons. The summed E-state index contributed by atoms with van der Waals surface area (Å²) in [7, 11) is 3.82. The fourth-order valence-electron chi connectivity index (χ4n) is 3.83. The van der Waals surface area contributed by atoms with Gasteiger partial charge in [-0.25, -0.2) is 0 Å². The zero-order chi connectivity index (χ0) is 14.7. The van der Waals surface area contributed by atoms with E-state index in [1.54, 1.807) is 7.11 Å². The van der Waals surface area contributed by atoms with Crippen molar-refractivity contribution >= 4 is 0 Å². The van der Waals surface area contributed by atoms with Crippen molar-refractivity contribution in [2.45, 2.75) is 44.2 Å². The van der Waals surface area contributed by atoms with E-state index in [1.165, 1.54) is 44.2 Å². The number of nitrogens with one attached hydrogen (secondary N) is 1. The molecule has 1 saturated carbocycles. The number of hydrogen-bond donors (Lipinski definition) is 1. The molecule has 2 fully saturated rings. The Kier molecular flexibility index (Phi) is 4.81. The van der Waals surface area contributed by atoms with Crippen LogP contribution in [0.15, 0.2) is 24.3 Å². The quantitative estimate of drug-likeness (QED) is 0.900. The average molecular weight is 288 g/mol. The summed E-state index contributed by atoms with van der Waals surface area (Å²) in [6.45, 7) is 2.38. The van der Waals surface area contributed by atoms with E-state index >= 15 is 0 Å².